The minimum Gasteiger partial charge on any atom is -0.457 e. The number of pyridine rings is 1. The molecule has 0 spiro atoms. The van der Waals surface area contributed by atoms with Gasteiger partial charge in [-0.05, 0) is 24.3 Å². The summed E-state index contributed by atoms with van der Waals surface area (Å²) in [5, 5.41) is 3.26. The molecule has 1 amide bonds. The summed E-state index contributed by atoms with van der Waals surface area (Å²) < 4.78 is 5.76. The number of rotatable bonds is 4. The first-order chi connectivity index (χ1) is 11.6. The van der Waals surface area contributed by atoms with Crippen molar-refractivity contribution in [3.8, 4) is 11.5 Å². The van der Waals surface area contributed by atoms with E-state index in [2.05, 4.69) is 20.3 Å². The second-order valence-corrected chi connectivity index (χ2v) is 5.03. The molecule has 0 radical (unpaired) electrons. The fraction of sp³-hybridized carbons (Fsp3) is 0.118. The molecule has 0 saturated heterocycles. The Morgan fingerprint density at radius 3 is 2.62 bits per heavy atom. The Morgan fingerprint density at radius 2 is 1.88 bits per heavy atom. The van der Waals surface area contributed by atoms with Gasteiger partial charge < -0.3 is 10.1 Å². The van der Waals surface area contributed by atoms with Gasteiger partial charge in [0.05, 0.1) is 5.52 Å². The molecule has 0 fully saturated rings. The summed E-state index contributed by atoms with van der Waals surface area (Å²) in [7, 11) is 1.54. The van der Waals surface area contributed by atoms with Gasteiger partial charge in [0.2, 0.25) is 0 Å². The monoisotopic (exact) mass is 322 g/mol. The zero-order valence-corrected chi connectivity index (χ0v) is 13.1. The fourth-order valence-electron chi connectivity index (χ4n) is 2.11. The number of benzene rings is 1. The van der Waals surface area contributed by atoms with Crippen LogP contribution in [0, 0.1) is 0 Å². The molecule has 1 N–H and O–H groups in total. The average Bonchev–Trinajstić information content (AvgIpc) is 2.60. The van der Waals surface area contributed by atoms with Crippen LogP contribution in [0.3, 0.4) is 0 Å². The van der Waals surface area contributed by atoms with Crippen molar-refractivity contribution in [3.05, 3.63) is 54.2 Å². The number of carbonyl (C=O) groups excluding carboxylic acids is 2. The van der Waals surface area contributed by atoms with Gasteiger partial charge in [0.15, 0.2) is 11.6 Å². The van der Waals surface area contributed by atoms with Crippen molar-refractivity contribution in [2.24, 2.45) is 0 Å². The van der Waals surface area contributed by atoms with E-state index in [1.54, 1.807) is 36.5 Å². The molecule has 24 heavy (non-hydrogen) atoms. The summed E-state index contributed by atoms with van der Waals surface area (Å²) in [5.41, 5.74) is 0.925. The first-order valence-corrected chi connectivity index (χ1v) is 7.20. The van der Waals surface area contributed by atoms with Crippen LogP contribution in [0.1, 0.15) is 28.0 Å². The Hall–Kier alpha value is -3.35. The molecule has 0 aliphatic heterocycles. The first kappa shape index (κ1) is 15.5. The van der Waals surface area contributed by atoms with Crippen molar-refractivity contribution in [1.29, 1.82) is 0 Å². The summed E-state index contributed by atoms with van der Waals surface area (Å²) in [6, 6.07) is 8.46. The molecule has 120 valence electrons. The number of ketones is 1. The highest BCUT2D eigenvalue weighted by molar-refractivity contribution is 5.93. The van der Waals surface area contributed by atoms with E-state index >= 15 is 0 Å². The molecule has 3 rings (SSSR count). The van der Waals surface area contributed by atoms with E-state index in [1.807, 2.05) is 0 Å². The molecule has 0 aliphatic rings. The minimum absolute atomic E-state index is 0.181. The van der Waals surface area contributed by atoms with E-state index in [0.717, 1.165) is 5.39 Å². The Morgan fingerprint density at radius 1 is 1.08 bits per heavy atom. The average molecular weight is 322 g/mol. The number of hydrogen-bond acceptors (Lipinski definition) is 6. The maximum Gasteiger partial charge on any atom is 0.269 e. The SMILES string of the molecule is CNC(=O)c1cc(Oc2ccc3nc(C(C)=O)ncc3c2)ccn1. The minimum atomic E-state index is -0.288. The Bertz CT molecular complexity index is 940. The van der Waals surface area contributed by atoms with Gasteiger partial charge >= 0.3 is 0 Å². The van der Waals surface area contributed by atoms with Gasteiger partial charge in [0.1, 0.15) is 17.2 Å². The number of ether oxygens (including phenoxy) is 1. The quantitative estimate of drug-likeness (QED) is 0.741. The van der Waals surface area contributed by atoms with Crippen LogP contribution in [-0.2, 0) is 0 Å². The molecule has 0 bridgehead atoms. The smallest absolute Gasteiger partial charge is 0.269 e. The second kappa shape index (κ2) is 6.41. The molecule has 7 nitrogen and oxygen atoms in total. The molecule has 0 saturated carbocycles. The summed E-state index contributed by atoms with van der Waals surface area (Å²) in [4.78, 5) is 35.1. The zero-order valence-electron chi connectivity index (χ0n) is 13.1. The standard InChI is InChI=1S/C17H14N4O3/c1-10(22)16-20-9-11-7-12(3-4-14(11)21-16)24-13-5-6-19-15(8-13)17(23)18-2/h3-9H,1-2H3,(H,18,23). The maximum absolute atomic E-state index is 11.6. The van der Waals surface area contributed by atoms with E-state index in [-0.39, 0.29) is 23.2 Å². The van der Waals surface area contributed by atoms with Crippen molar-refractivity contribution in [1.82, 2.24) is 20.3 Å². The lowest BCUT2D eigenvalue weighted by atomic mass is 10.2. The summed E-state index contributed by atoms with van der Waals surface area (Å²) in [6.45, 7) is 1.42. The van der Waals surface area contributed by atoms with E-state index in [9.17, 15) is 9.59 Å². The van der Waals surface area contributed by atoms with E-state index in [4.69, 9.17) is 4.74 Å². The lowest BCUT2D eigenvalue weighted by Gasteiger charge is -2.08. The number of hydrogen-bond donors (Lipinski definition) is 1. The predicted molar refractivity (Wildman–Crippen MR) is 87.2 cm³/mol. The third-order valence-corrected chi connectivity index (χ3v) is 3.29. The van der Waals surface area contributed by atoms with Crippen molar-refractivity contribution in [2.75, 3.05) is 7.05 Å². The number of nitrogens with one attached hydrogen (secondary N) is 1. The van der Waals surface area contributed by atoms with Crippen molar-refractivity contribution in [2.45, 2.75) is 6.92 Å². The fourth-order valence-corrected chi connectivity index (χ4v) is 2.11. The van der Waals surface area contributed by atoms with Gasteiger partial charge in [-0.25, -0.2) is 9.97 Å². The molecule has 0 unspecified atom stereocenters. The number of nitrogens with zero attached hydrogens (tertiary/aromatic N) is 3. The van der Waals surface area contributed by atoms with Crippen LogP contribution in [0.4, 0.5) is 0 Å². The van der Waals surface area contributed by atoms with E-state index in [1.165, 1.54) is 20.2 Å². The summed E-state index contributed by atoms with van der Waals surface area (Å²) >= 11 is 0. The number of Topliss-reactive ketones (excluding diaryl/α,β-unsaturated/α-hetero) is 1. The molecule has 1 aromatic carbocycles. The Balaban J connectivity index is 1.89. The van der Waals surface area contributed by atoms with Gasteiger partial charge in [-0.15, -0.1) is 0 Å². The number of aromatic nitrogens is 3. The topological polar surface area (TPSA) is 94.1 Å². The second-order valence-electron chi connectivity index (χ2n) is 5.03. The predicted octanol–water partition coefficient (Wildman–Crippen LogP) is 2.38. The van der Waals surface area contributed by atoms with Crippen molar-refractivity contribution in [3.63, 3.8) is 0 Å². The third-order valence-electron chi connectivity index (χ3n) is 3.29. The van der Waals surface area contributed by atoms with Crippen LogP contribution in [-0.4, -0.2) is 33.7 Å². The molecule has 7 heteroatoms. The van der Waals surface area contributed by atoms with Crippen LogP contribution >= 0.6 is 0 Å². The molecular weight excluding hydrogens is 308 g/mol. The first-order valence-electron chi connectivity index (χ1n) is 7.20. The van der Waals surface area contributed by atoms with Crippen LogP contribution in [0.5, 0.6) is 11.5 Å². The zero-order chi connectivity index (χ0) is 17.1. The molecular formula is C17H14N4O3. The number of carbonyl (C=O) groups is 2. The maximum atomic E-state index is 11.6. The lowest BCUT2D eigenvalue weighted by molar-refractivity contribution is 0.0956. The van der Waals surface area contributed by atoms with Crippen LogP contribution < -0.4 is 10.1 Å². The highest BCUT2D eigenvalue weighted by atomic mass is 16.5. The highest BCUT2D eigenvalue weighted by Crippen LogP contribution is 2.25. The summed E-state index contributed by atoms with van der Waals surface area (Å²) in [6.07, 6.45) is 3.08. The van der Waals surface area contributed by atoms with Crippen LogP contribution in [0.15, 0.2) is 42.7 Å². The van der Waals surface area contributed by atoms with Crippen molar-refractivity contribution >= 4 is 22.6 Å². The number of amides is 1. The van der Waals surface area contributed by atoms with Crippen LogP contribution in [0.25, 0.3) is 10.9 Å². The lowest BCUT2D eigenvalue weighted by Crippen LogP contribution is -2.18. The molecule has 2 heterocycles. The van der Waals surface area contributed by atoms with E-state index < -0.39 is 0 Å². The van der Waals surface area contributed by atoms with Gasteiger partial charge in [0, 0.05) is 37.8 Å². The Kier molecular flexibility index (Phi) is 4.15. The van der Waals surface area contributed by atoms with Crippen molar-refractivity contribution < 1.29 is 14.3 Å². The van der Waals surface area contributed by atoms with Gasteiger partial charge in [-0.3, -0.25) is 14.6 Å². The molecule has 2 aromatic heterocycles. The largest absolute Gasteiger partial charge is 0.457 e. The molecule has 3 aromatic rings. The van der Waals surface area contributed by atoms with E-state index in [0.29, 0.717) is 17.0 Å². The van der Waals surface area contributed by atoms with Gasteiger partial charge in [0.25, 0.3) is 5.91 Å². The van der Waals surface area contributed by atoms with Gasteiger partial charge in [-0.1, -0.05) is 0 Å². The normalized spacial score (nSPS) is 10.4. The molecule has 0 atom stereocenters. The molecule has 0 aliphatic carbocycles. The Labute approximate surface area is 137 Å². The number of fused-ring (bicyclic) bond motifs is 1. The van der Waals surface area contributed by atoms with Crippen LogP contribution in [0.2, 0.25) is 0 Å². The van der Waals surface area contributed by atoms with Gasteiger partial charge in [-0.2, -0.15) is 0 Å². The summed E-state index contributed by atoms with van der Waals surface area (Å²) in [5.74, 6) is 0.764. The highest BCUT2D eigenvalue weighted by Gasteiger charge is 2.08. The third kappa shape index (κ3) is 3.19.